The molecule has 2 aromatic carbocycles. The maximum atomic E-state index is 13.0. The Hall–Kier alpha value is -3.07. The smallest absolute Gasteiger partial charge is 0.263 e. The molecule has 1 saturated heterocycles. The van der Waals surface area contributed by atoms with Crippen LogP contribution in [0.25, 0.3) is 0 Å². The third-order valence-electron chi connectivity index (χ3n) is 5.11. The summed E-state index contributed by atoms with van der Waals surface area (Å²) in [6.07, 6.45) is 0. The molecule has 0 bridgehead atoms. The number of imide groups is 1. The van der Waals surface area contributed by atoms with E-state index in [1.807, 2.05) is 24.3 Å². The highest BCUT2D eigenvalue weighted by atomic mass is 79.9. The number of hydrogen-bond donors (Lipinski definition) is 1. The molecule has 2 heterocycles. The van der Waals surface area contributed by atoms with Crippen molar-refractivity contribution in [1.29, 1.82) is 0 Å². The molecule has 1 N–H and O–H groups in total. The fourth-order valence-corrected chi connectivity index (χ4v) is 3.76. The van der Waals surface area contributed by atoms with Crippen molar-refractivity contribution in [1.82, 2.24) is 5.01 Å². The summed E-state index contributed by atoms with van der Waals surface area (Å²) in [5.41, 5.74) is 2.24. The second kappa shape index (κ2) is 7.98. The largest absolute Gasteiger partial charge is 0.324 e. The molecule has 0 saturated carbocycles. The molecule has 0 aliphatic carbocycles. The number of nitrogens with one attached hydrogen (secondary N) is 1. The summed E-state index contributed by atoms with van der Waals surface area (Å²) in [4.78, 5) is 39.3. The molecule has 2 atom stereocenters. The van der Waals surface area contributed by atoms with Gasteiger partial charge >= 0.3 is 0 Å². The molecule has 9 heteroatoms. The third-order valence-corrected chi connectivity index (χ3v) is 5.64. The summed E-state index contributed by atoms with van der Waals surface area (Å²) in [5, 5.41) is 11.9. The molecule has 30 heavy (non-hydrogen) atoms. The number of rotatable bonds is 5. The average Bonchev–Trinajstić information content (AvgIpc) is 3.23. The summed E-state index contributed by atoms with van der Waals surface area (Å²) in [7, 11) is 0. The minimum atomic E-state index is -0.928. The Kier molecular flexibility index (Phi) is 5.38. The van der Waals surface area contributed by atoms with Crippen LogP contribution in [0, 0.1) is 0 Å². The zero-order valence-electron chi connectivity index (χ0n) is 16.4. The minimum absolute atomic E-state index is 0.181. The summed E-state index contributed by atoms with van der Waals surface area (Å²) in [5.74, 6) is -0.862. The molecule has 1 fully saturated rings. The lowest BCUT2D eigenvalue weighted by atomic mass is 10.0. The molecule has 8 nitrogen and oxygen atoms in total. The predicted molar refractivity (Wildman–Crippen MR) is 115 cm³/mol. The van der Waals surface area contributed by atoms with Gasteiger partial charge in [0.2, 0.25) is 5.91 Å². The van der Waals surface area contributed by atoms with Gasteiger partial charge in [0.1, 0.15) is 6.54 Å². The monoisotopic (exact) mass is 469 g/mol. The number of halogens is 1. The number of hydrogen-bond acceptors (Lipinski definition) is 6. The van der Waals surface area contributed by atoms with E-state index in [1.54, 1.807) is 24.3 Å². The van der Waals surface area contributed by atoms with Crippen molar-refractivity contribution in [2.75, 3.05) is 16.8 Å². The molecule has 3 amide bonds. The highest BCUT2D eigenvalue weighted by Gasteiger charge is 2.55. The Morgan fingerprint density at radius 2 is 1.73 bits per heavy atom. The zero-order chi connectivity index (χ0) is 21.4. The van der Waals surface area contributed by atoms with Gasteiger partial charge in [0.05, 0.1) is 5.69 Å². The molecule has 0 radical (unpaired) electrons. The summed E-state index contributed by atoms with van der Waals surface area (Å²) < 4.78 is 0.897. The van der Waals surface area contributed by atoms with Crippen LogP contribution in [0.4, 0.5) is 11.4 Å². The van der Waals surface area contributed by atoms with Crippen LogP contribution in [0.15, 0.2) is 63.3 Å². The van der Waals surface area contributed by atoms with Gasteiger partial charge in [0.15, 0.2) is 12.1 Å². The third kappa shape index (κ3) is 3.72. The predicted octanol–water partition coefficient (Wildman–Crippen LogP) is 3.50. The second-order valence-electron chi connectivity index (χ2n) is 7.51. The number of nitrogens with zero attached hydrogens (tertiary/aromatic N) is 4. The van der Waals surface area contributed by atoms with Crippen LogP contribution in [0.3, 0.4) is 0 Å². The normalized spacial score (nSPS) is 20.3. The minimum Gasteiger partial charge on any atom is -0.324 e. The molecule has 2 aromatic rings. The molecule has 2 aliphatic heterocycles. The molecule has 4 rings (SSSR count). The van der Waals surface area contributed by atoms with Crippen molar-refractivity contribution in [3.05, 3.63) is 58.6 Å². The van der Waals surface area contributed by atoms with Crippen molar-refractivity contribution in [2.45, 2.75) is 31.8 Å². The SMILES string of the molecule is CC(C)c1ccc(N2C(=O)[C@H]3N=NN(CC(=O)Nc4ccc(Br)cc4)[C@@H]3C2=O)cc1. The van der Waals surface area contributed by atoms with Crippen molar-refractivity contribution in [2.24, 2.45) is 10.3 Å². The molecule has 2 aliphatic rings. The van der Waals surface area contributed by atoms with E-state index in [1.165, 1.54) is 5.01 Å². The standard InChI is InChI=1S/C21H20BrN5O3/c1-12(2)13-3-9-16(10-4-13)27-20(29)18-19(21(27)30)26(25-24-18)11-17(28)23-15-7-5-14(22)6-8-15/h3-10,12,18-19H,11H2,1-2H3,(H,23,28)/t18-,19-/m0/s1. The first kappa shape index (κ1) is 20.2. The van der Waals surface area contributed by atoms with Gasteiger partial charge in [-0.3, -0.25) is 19.4 Å². The Morgan fingerprint density at radius 1 is 1.07 bits per heavy atom. The number of benzene rings is 2. The van der Waals surface area contributed by atoms with E-state index < -0.39 is 23.9 Å². The van der Waals surface area contributed by atoms with Crippen LogP contribution in [-0.2, 0) is 14.4 Å². The maximum Gasteiger partial charge on any atom is 0.263 e. The van der Waals surface area contributed by atoms with E-state index in [9.17, 15) is 14.4 Å². The quantitative estimate of drug-likeness (QED) is 0.677. The fraction of sp³-hybridized carbons (Fsp3) is 0.286. The number of carbonyl (C=O) groups excluding carboxylic acids is 3. The summed E-state index contributed by atoms with van der Waals surface area (Å²) >= 11 is 3.34. The van der Waals surface area contributed by atoms with Gasteiger partial charge in [-0.25, -0.2) is 4.90 Å². The van der Waals surface area contributed by atoms with E-state index >= 15 is 0 Å². The van der Waals surface area contributed by atoms with Crippen molar-refractivity contribution >= 4 is 45.0 Å². The van der Waals surface area contributed by atoms with Crippen molar-refractivity contribution in [3.8, 4) is 0 Å². The lowest BCUT2D eigenvalue weighted by molar-refractivity contribution is -0.123. The van der Waals surface area contributed by atoms with Crippen LogP contribution >= 0.6 is 15.9 Å². The van der Waals surface area contributed by atoms with Gasteiger partial charge in [-0.1, -0.05) is 47.1 Å². The van der Waals surface area contributed by atoms with Crippen LogP contribution in [0.1, 0.15) is 25.3 Å². The number of carbonyl (C=O) groups is 3. The number of fused-ring (bicyclic) bond motifs is 1. The molecule has 0 unspecified atom stereocenters. The average molecular weight is 470 g/mol. The van der Waals surface area contributed by atoms with E-state index in [4.69, 9.17) is 0 Å². The van der Waals surface area contributed by atoms with Gasteiger partial charge in [0.25, 0.3) is 11.8 Å². The lowest BCUT2D eigenvalue weighted by Gasteiger charge is -2.20. The Morgan fingerprint density at radius 3 is 2.37 bits per heavy atom. The van der Waals surface area contributed by atoms with Crippen molar-refractivity contribution in [3.63, 3.8) is 0 Å². The Balaban J connectivity index is 1.47. The Bertz CT molecular complexity index is 1020. The van der Waals surface area contributed by atoms with E-state index in [2.05, 4.69) is 45.4 Å². The number of anilines is 2. The molecule has 154 valence electrons. The molecular formula is C21H20BrN5O3. The zero-order valence-corrected chi connectivity index (χ0v) is 18.0. The first-order valence-electron chi connectivity index (χ1n) is 9.56. The highest BCUT2D eigenvalue weighted by Crippen LogP contribution is 2.32. The highest BCUT2D eigenvalue weighted by molar-refractivity contribution is 9.10. The van der Waals surface area contributed by atoms with Crippen LogP contribution in [0.2, 0.25) is 0 Å². The van der Waals surface area contributed by atoms with Crippen LogP contribution < -0.4 is 10.2 Å². The number of amides is 3. The van der Waals surface area contributed by atoms with Gasteiger partial charge in [-0.05, 0) is 47.9 Å². The summed E-state index contributed by atoms with van der Waals surface area (Å²) in [6.45, 7) is 3.96. The fourth-order valence-electron chi connectivity index (χ4n) is 3.50. The maximum absolute atomic E-state index is 13.0. The Labute approximate surface area is 182 Å². The van der Waals surface area contributed by atoms with Gasteiger partial charge in [-0.15, -0.1) is 0 Å². The summed E-state index contributed by atoms with van der Waals surface area (Å²) in [6, 6.07) is 12.6. The van der Waals surface area contributed by atoms with Gasteiger partial charge in [-0.2, -0.15) is 5.11 Å². The second-order valence-corrected chi connectivity index (χ2v) is 8.42. The molecule has 0 spiro atoms. The molecule has 0 aromatic heterocycles. The lowest BCUT2D eigenvalue weighted by Crippen LogP contribution is -2.43. The van der Waals surface area contributed by atoms with Crippen molar-refractivity contribution < 1.29 is 14.4 Å². The van der Waals surface area contributed by atoms with E-state index in [-0.39, 0.29) is 12.5 Å². The first-order valence-corrected chi connectivity index (χ1v) is 10.3. The molecular weight excluding hydrogens is 450 g/mol. The van der Waals surface area contributed by atoms with Gasteiger partial charge in [0, 0.05) is 10.2 Å². The van der Waals surface area contributed by atoms with Crippen LogP contribution in [-0.4, -0.2) is 41.4 Å². The van der Waals surface area contributed by atoms with E-state index in [0.29, 0.717) is 17.3 Å². The van der Waals surface area contributed by atoms with Gasteiger partial charge < -0.3 is 5.32 Å². The van der Waals surface area contributed by atoms with E-state index in [0.717, 1.165) is 14.9 Å². The van der Waals surface area contributed by atoms with Crippen LogP contribution in [0.5, 0.6) is 0 Å². The first-order chi connectivity index (χ1) is 14.3. The topological polar surface area (TPSA) is 94.4 Å².